The zero-order chi connectivity index (χ0) is 14.1. The first-order valence-electron chi connectivity index (χ1n) is 6.48. The van der Waals surface area contributed by atoms with Gasteiger partial charge in [0.25, 0.3) is 0 Å². The zero-order valence-corrected chi connectivity index (χ0v) is 11.4. The van der Waals surface area contributed by atoms with Gasteiger partial charge in [0.2, 0.25) is 0 Å². The van der Waals surface area contributed by atoms with Crippen molar-refractivity contribution in [3.8, 4) is 0 Å². The van der Waals surface area contributed by atoms with Gasteiger partial charge in [-0.3, -0.25) is 4.79 Å². The van der Waals surface area contributed by atoms with Crippen molar-refractivity contribution in [3.63, 3.8) is 0 Å². The van der Waals surface area contributed by atoms with Gasteiger partial charge in [0.05, 0.1) is 26.0 Å². The molecule has 106 valence electrons. The largest absolute Gasteiger partial charge is 0.466 e. The molecule has 0 amide bonds. The highest BCUT2D eigenvalue weighted by Gasteiger charge is 2.25. The summed E-state index contributed by atoms with van der Waals surface area (Å²) in [6.07, 6.45) is 6.40. The Labute approximate surface area is 112 Å². The van der Waals surface area contributed by atoms with Gasteiger partial charge in [0, 0.05) is 12.4 Å². The average Bonchev–Trinajstić information content (AvgIpc) is 2.90. The van der Waals surface area contributed by atoms with Crippen molar-refractivity contribution in [1.82, 2.24) is 9.55 Å². The molecule has 1 rings (SSSR count). The Hall–Kier alpha value is -1.85. The van der Waals surface area contributed by atoms with E-state index in [0.29, 0.717) is 6.61 Å². The second kappa shape index (κ2) is 8.29. The minimum atomic E-state index is -0.712. The molecule has 0 aliphatic heterocycles. The van der Waals surface area contributed by atoms with E-state index >= 15 is 0 Å². The molecule has 6 heteroatoms. The molecule has 1 atom stereocenters. The minimum absolute atomic E-state index is 0.0428. The summed E-state index contributed by atoms with van der Waals surface area (Å²) in [6.45, 7) is 4.40. The highest BCUT2D eigenvalue weighted by Crippen LogP contribution is 2.14. The maximum atomic E-state index is 11.8. The second-order valence-electron chi connectivity index (χ2n) is 4.06. The monoisotopic (exact) mass is 268 g/mol. The molecule has 0 aliphatic carbocycles. The number of unbranched alkanes of at least 4 members (excludes halogenated alkanes) is 1. The van der Waals surface area contributed by atoms with Crippen LogP contribution in [0, 0.1) is 0 Å². The first-order valence-corrected chi connectivity index (χ1v) is 6.48. The molecule has 0 saturated carbocycles. The SMILES string of the molecule is CCCCOC(=O)C[C@@H](C(=O)OCC)n1ccnc1. The standard InChI is InChI=1S/C13H20N2O4/c1-3-5-8-19-12(16)9-11(13(17)18-4-2)15-7-6-14-10-15/h6-7,10-11H,3-5,8-9H2,1-2H3/t11-/m0/s1. The van der Waals surface area contributed by atoms with Crippen molar-refractivity contribution in [2.24, 2.45) is 0 Å². The van der Waals surface area contributed by atoms with E-state index in [2.05, 4.69) is 4.98 Å². The van der Waals surface area contributed by atoms with Crippen LogP contribution in [0.3, 0.4) is 0 Å². The third-order valence-electron chi connectivity index (χ3n) is 2.56. The van der Waals surface area contributed by atoms with Crippen molar-refractivity contribution in [2.45, 2.75) is 39.2 Å². The van der Waals surface area contributed by atoms with E-state index in [1.807, 2.05) is 6.92 Å². The summed E-state index contributed by atoms with van der Waals surface area (Å²) in [7, 11) is 0. The lowest BCUT2D eigenvalue weighted by Crippen LogP contribution is -2.25. The second-order valence-corrected chi connectivity index (χ2v) is 4.06. The molecule has 0 aliphatic rings. The Morgan fingerprint density at radius 1 is 1.32 bits per heavy atom. The Balaban J connectivity index is 2.59. The summed E-state index contributed by atoms with van der Waals surface area (Å²) >= 11 is 0. The normalized spacial score (nSPS) is 11.9. The van der Waals surface area contributed by atoms with E-state index in [9.17, 15) is 9.59 Å². The number of hydrogen-bond donors (Lipinski definition) is 0. The Bertz CT molecular complexity index is 389. The lowest BCUT2D eigenvalue weighted by atomic mass is 10.2. The molecule has 0 aromatic carbocycles. The quantitative estimate of drug-likeness (QED) is 0.530. The molecule has 1 aromatic heterocycles. The fourth-order valence-corrected chi connectivity index (χ4v) is 1.55. The summed E-state index contributed by atoms with van der Waals surface area (Å²) in [4.78, 5) is 27.4. The molecule has 0 spiro atoms. The van der Waals surface area contributed by atoms with Crippen LogP contribution in [-0.2, 0) is 19.1 Å². The third-order valence-corrected chi connectivity index (χ3v) is 2.56. The van der Waals surface area contributed by atoms with Gasteiger partial charge in [-0.15, -0.1) is 0 Å². The lowest BCUT2D eigenvalue weighted by molar-refractivity contribution is -0.154. The summed E-state index contributed by atoms with van der Waals surface area (Å²) in [5.41, 5.74) is 0. The number of carbonyl (C=O) groups excluding carboxylic acids is 2. The number of hydrogen-bond acceptors (Lipinski definition) is 5. The molecule has 0 fully saturated rings. The van der Waals surface area contributed by atoms with Gasteiger partial charge >= 0.3 is 11.9 Å². The van der Waals surface area contributed by atoms with Gasteiger partial charge < -0.3 is 14.0 Å². The van der Waals surface area contributed by atoms with Crippen molar-refractivity contribution in [3.05, 3.63) is 18.7 Å². The van der Waals surface area contributed by atoms with Crippen LogP contribution in [0.2, 0.25) is 0 Å². The van der Waals surface area contributed by atoms with Crippen LogP contribution < -0.4 is 0 Å². The fourth-order valence-electron chi connectivity index (χ4n) is 1.55. The van der Waals surface area contributed by atoms with E-state index in [0.717, 1.165) is 12.8 Å². The Morgan fingerprint density at radius 3 is 2.68 bits per heavy atom. The van der Waals surface area contributed by atoms with Crippen LogP contribution in [0.1, 0.15) is 39.2 Å². The minimum Gasteiger partial charge on any atom is -0.466 e. The molecular formula is C13H20N2O4. The van der Waals surface area contributed by atoms with Crippen LogP contribution in [-0.4, -0.2) is 34.7 Å². The van der Waals surface area contributed by atoms with E-state index < -0.39 is 18.0 Å². The fraction of sp³-hybridized carbons (Fsp3) is 0.615. The van der Waals surface area contributed by atoms with Crippen molar-refractivity contribution < 1.29 is 19.1 Å². The molecule has 19 heavy (non-hydrogen) atoms. The van der Waals surface area contributed by atoms with Crippen LogP contribution in [0.15, 0.2) is 18.7 Å². The molecule has 0 unspecified atom stereocenters. The van der Waals surface area contributed by atoms with Crippen molar-refractivity contribution in [2.75, 3.05) is 13.2 Å². The molecule has 1 aromatic rings. The first-order chi connectivity index (χ1) is 9.19. The number of rotatable bonds is 8. The highest BCUT2D eigenvalue weighted by atomic mass is 16.5. The predicted octanol–water partition coefficient (Wildman–Crippen LogP) is 1.72. The maximum absolute atomic E-state index is 11.8. The predicted molar refractivity (Wildman–Crippen MR) is 68.4 cm³/mol. The van der Waals surface area contributed by atoms with Crippen LogP contribution >= 0.6 is 0 Å². The van der Waals surface area contributed by atoms with E-state index in [-0.39, 0.29) is 13.0 Å². The maximum Gasteiger partial charge on any atom is 0.329 e. The number of imidazole rings is 1. The molecule has 0 N–H and O–H groups in total. The van der Waals surface area contributed by atoms with Gasteiger partial charge in [0.1, 0.15) is 6.04 Å². The van der Waals surface area contributed by atoms with Gasteiger partial charge in [-0.05, 0) is 13.3 Å². The average molecular weight is 268 g/mol. The number of esters is 2. The summed E-state index contributed by atoms with van der Waals surface area (Å²) in [5, 5.41) is 0. The third kappa shape index (κ3) is 5.11. The van der Waals surface area contributed by atoms with Crippen LogP contribution in [0.4, 0.5) is 0 Å². The summed E-state index contributed by atoms with van der Waals surface area (Å²) in [6, 6.07) is -0.712. The summed E-state index contributed by atoms with van der Waals surface area (Å²) in [5.74, 6) is -0.854. The first kappa shape index (κ1) is 15.2. The van der Waals surface area contributed by atoms with Crippen molar-refractivity contribution in [1.29, 1.82) is 0 Å². The van der Waals surface area contributed by atoms with Gasteiger partial charge in [-0.25, -0.2) is 9.78 Å². The van der Waals surface area contributed by atoms with Crippen molar-refractivity contribution >= 4 is 11.9 Å². The molecule has 1 heterocycles. The Kier molecular flexibility index (Phi) is 6.63. The number of ether oxygens (including phenoxy) is 2. The van der Waals surface area contributed by atoms with Crippen LogP contribution in [0.25, 0.3) is 0 Å². The molecule has 6 nitrogen and oxygen atoms in total. The molecular weight excluding hydrogens is 248 g/mol. The Morgan fingerprint density at radius 2 is 2.11 bits per heavy atom. The van der Waals surface area contributed by atoms with Gasteiger partial charge in [-0.2, -0.15) is 0 Å². The van der Waals surface area contributed by atoms with Gasteiger partial charge in [-0.1, -0.05) is 13.3 Å². The smallest absolute Gasteiger partial charge is 0.329 e. The molecule has 0 bridgehead atoms. The molecule has 0 saturated heterocycles. The lowest BCUT2D eigenvalue weighted by Gasteiger charge is -2.16. The van der Waals surface area contributed by atoms with E-state index in [1.54, 1.807) is 23.9 Å². The van der Waals surface area contributed by atoms with Crippen LogP contribution in [0.5, 0.6) is 0 Å². The van der Waals surface area contributed by atoms with E-state index in [4.69, 9.17) is 9.47 Å². The number of aromatic nitrogens is 2. The highest BCUT2D eigenvalue weighted by molar-refractivity contribution is 5.81. The van der Waals surface area contributed by atoms with Gasteiger partial charge in [0.15, 0.2) is 0 Å². The number of carbonyl (C=O) groups is 2. The van der Waals surface area contributed by atoms with E-state index in [1.165, 1.54) is 6.33 Å². The number of nitrogens with zero attached hydrogens (tertiary/aromatic N) is 2. The molecule has 0 radical (unpaired) electrons. The zero-order valence-electron chi connectivity index (χ0n) is 11.4. The topological polar surface area (TPSA) is 70.4 Å². The summed E-state index contributed by atoms with van der Waals surface area (Å²) < 4.78 is 11.6.